The molecule has 4 heterocycles. The highest BCUT2D eigenvalue weighted by Gasteiger charge is 2.31. The van der Waals surface area contributed by atoms with E-state index in [2.05, 4.69) is 46.5 Å². The summed E-state index contributed by atoms with van der Waals surface area (Å²) in [6.45, 7) is 9.09. The fourth-order valence-electron chi connectivity index (χ4n) is 3.65. The molecule has 2 fully saturated rings. The van der Waals surface area contributed by atoms with Gasteiger partial charge in [-0.15, -0.1) is 15.3 Å². The Morgan fingerprint density at radius 1 is 1.29 bits per heavy atom. The first-order chi connectivity index (χ1) is 13.3. The summed E-state index contributed by atoms with van der Waals surface area (Å²) in [5.74, 6) is 2.11. The number of nitrogens with zero attached hydrogens (tertiary/aromatic N) is 5. The summed E-state index contributed by atoms with van der Waals surface area (Å²) in [5, 5.41) is 19.0. The van der Waals surface area contributed by atoms with Crippen LogP contribution in [-0.4, -0.2) is 57.8 Å². The molecule has 0 spiro atoms. The molecule has 0 aliphatic carbocycles. The monoisotopic (exact) mass is 385 g/mol. The summed E-state index contributed by atoms with van der Waals surface area (Å²) in [6.07, 6.45) is 1.07. The average molecular weight is 385 g/mol. The van der Waals surface area contributed by atoms with E-state index in [4.69, 9.17) is 5.10 Å². The summed E-state index contributed by atoms with van der Waals surface area (Å²) < 4.78 is 1.82. The third-order valence-electron chi connectivity index (χ3n) is 5.40. The van der Waals surface area contributed by atoms with Crippen LogP contribution in [0.5, 0.6) is 0 Å². The van der Waals surface area contributed by atoms with Crippen molar-refractivity contribution in [1.82, 2.24) is 30.4 Å². The molecule has 0 aromatic carbocycles. The van der Waals surface area contributed by atoms with E-state index in [1.165, 1.54) is 0 Å². The topological polar surface area (TPSA) is 105 Å². The van der Waals surface area contributed by atoms with Crippen LogP contribution in [0.2, 0.25) is 0 Å². The Balaban J connectivity index is 1.31. The number of carbonyl (C=O) groups excluding carboxylic acids is 2. The number of fused-ring (bicyclic) bond motifs is 1. The fraction of sp³-hybridized carbons (Fsp3) is 0.632. The van der Waals surface area contributed by atoms with Crippen molar-refractivity contribution in [1.29, 1.82) is 0 Å². The lowest BCUT2D eigenvalue weighted by molar-refractivity contribution is -0.129. The molecule has 9 nitrogen and oxygen atoms in total. The zero-order valence-corrected chi connectivity index (χ0v) is 16.6. The maximum Gasteiger partial charge on any atom is 0.224 e. The highest BCUT2D eigenvalue weighted by molar-refractivity contribution is 5.83. The second kappa shape index (κ2) is 7.03. The van der Waals surface area contributed by atoms with E-state index < -0.39 is 0 Å². The lowest BCUT2D eigenvalue weighted by atomic mass is 9.96. The summed E-state index contributed by atoms with van der Waals surface area (Å²) in [4.78, 5) is 25.6. The molecule has 28 heavy (non-hydrogen) atoms. The van der Waals surface area contributed by atoms with E-state index in [1.807, 2.05) is 16.6 Å². The molecule has 2 aliphatic heterocycles. The van der Waals surface area contributed by atoms with Gasteiger partial charge in [0.25, 0.3) is 0 Å². The minimum Gasteiger partial charge on any atom is -0.355 e. The minimum absolute atomic E-state index is 0.0332. The fourth-order valence-corrected chi connectivity index (χ4v) is 3.65. The van der Waals surface area contributed by atoms with Gasteiger partial charge in [0.05, 0.1) is 5.92 Å². The molecule has 2 aliphatic rings. The van der Waals surface area contributed by atoms with Crippen molar-refractivity contribution in [3.8, 4) is 0 Å². The summed E-state index contributed by atoms with van der Waals surface area (Å²) in [7, 11) is 0. The average Bonchev–Trinajstić information content (AvgIpc) is 3.04. The predicted molar refractivity (Wildman–Crippen MR) is 104 cm³/mol. The van der Waals surface area contributed by atoms with Crippen LogP contribution in [0, 0.1) is 11.8 Å². The Labute approximate surface area is 163 Å². The van der Waals surface area contributed by atoms with Crippen molar-refractivity contribution in [2.75, 3.05) is 31.1 Å². The van der Waals surface area contributed by atoms with Gasteiger partial charge in [-0.2, -0.15) is 4.52 Å². The summed E-state index contributed by atoms with van der Waals surface area (Å²) >= 11 is 0. The van der Waals surface area contributed by atoms with Gasteiger partial charge < -0.3 is 15.5 Å². The molecule has 1 unspecified atom stereocenters. The van der Waals surface area contributed by atoms with Gasteiger partial charge in [-0.25, -0.2) is 0 Å². The molecule has 9 heteroatoms. The molecule has 2 amide bonds. The van der Waals surface area contributed by atoms with Crippen LogP contribution in [0.3, 0.4) is 0 Å². The predicted octanol–water partition coefficient (Wildman–Crippen LogP) is 0.500. The maximum atomic E-state index is 12.2. The molecule has 0 bridgehead atoms. The number of amides is 2. The van der Waals surface area contributed by atoms with Crippen molar-refractivity contribution in [2.24, 2.45) is 11.8 Å². The Kier molecular flexibility index (Phi) is 4.68. The van der Waals surface area contributed by atoms with Crippen LogP contribution in [0.1, 0.15) is 39.4 Å². The van der Waals surface area contributed by atoms with Crippen LogP contribution in [0.4, 0.5) is 5.82 Å². The second-order valence-corrected chi connectivity index (χ2v) is 8.79. The van der Waals surface area contributed by atoms with Crippen molar-refractivity contribution >= 4 is 23.3 Å². The van der Waals surface area contributed by atoms with Gasteiger partial charge in [-0.05, 0) is 18.6 Å². The van der Waals surface area contributed by atoms with Crippen LogP contribution < -0.4 is 15.5 Å². The lowest BCUT2D eigenvalue weighted by Gasteiger charge is -2.40. The molecule has 2 saturated heterocycles. The van der Waals surface area contributed by atoms with Gasteiger partial charge >= 0.3 is 0 Å². The van der Waals surface area contributed by atoms with Gasteiger partial charge in [-0.3, -0.25) is 9.59 Å². The largest absolute Gasteiger partial charge is 0.355 e. The number of anilines is 1. The lowest BCUT2D eigenvalue weighted by Crippen LogP contribution is -2.53. The van der Waals surface area contributed by atoms with Crippen LogP contribution >= 0.6 is 0 Å². The summed E-state index contributed by atoms with van der Waals surface area (Å²) in [5.41, 5.74) is 0.614. The third kappa shape index (κ3) is 3.65. The molecule has 1 atom stereocenters. The second-order valence-electron chi connectivity index (χ2n) is 8.79. The molecule has 0 radical (unpaired) electrons. The van der Waals surface area contributed by atoms with E-state index >= 15 is 0 Å². The van der Waals surface area contributed by atoms with E-state index in [0.29, 0.717) is 31.8 Å². The first-order valence-electron chi connectivity index (χ1n) is 9.83. The highest BCUT2D eigenvalue weighted by atomic mass is 16.2. The van der Waals surface area contributed by atoms with E-state index in [0.717, 1.165) is 30.4 Å². The number of carbonyl (C=O) groups is 2. The molecular formula is C19H27N7O2. The molecule has 2 aromatic heterocycles. The van der Waals surface area contributed by atoms with Crippen LogP contribution in [-0.2, 0) is 15.0 Å². The molecule has 150 valence electrons. The number of hydrogen-bond donors (Lipinski definition) is 2. The Bertz CT molecular complexity index is 885. The Morgan fingerprint density at radius 2 is 2.07 bits per heavy atom. The Hall–Kier alpha value is -2.71. The van der Waals surface area contributed by atoms with Gasteiger partial charge in [0.1, 0.15) is 5.82 Å². The van der Waals surface area contributed by atoms with Gasteiger partial charge in [0.15, 0.2) is 11.5 Å². The van der Waals surface area contributed by atoms with Crippen molar-refractivity contribution in [2.45, 2.75) is 39.0 Å². The van der Waals surface area contributed by atoms with Gasteiger partial charge in [0, 0.05) is 43.9 Å². The molecule has 0 saturated carbocycles. The number of aromatic nitrogens is 4. The number of piperidine rings is 1. The standard InChI is InChI=1S/C19H27N7O2/c1-19(2,3)18-23-22-14-5-6-15(24-26(14)18)25-10-12(11-25)8-21-17(28)13-4-7-16(27)20-9-13/h5-6,12-13H,4,7-11H2,1-3H3,(H,20,27)(H,21,28). The van der Waals surface area contributed by atoms with Crippen LogP contribution in [0.15, 0.2) is 12.1 Å². The molecular weight excluding hydrogens is 358 g/mol. The van der Waals surface area contributed by atoms with Crippen molar-refractivity contribution in [3.05, 3.63) is 18.0 Å². The number of nitrogens with one attached hydrogen (secondary N) is 2. The molecule has 4 rings (SSSR count). The summed E-state index contributed by atoms with van der Waals surface area (Å²) in [6, 6.07) is 3.91. The van der Waals surface area contributed by atoms with E-state index in [-0.39, 0.29) is 23.1 Å². The number of hydrogen-bond acceptors (Lipinski definition) is 6. The SMILES string of the molecule is CC(C)(C)c1nnc2ccc(N3CC(CNC(=O)C4CCC(=O)NC4)C3)nn12. The molecule has 2 N–H and O–H groups in total. The Morgan fingerprint density at radius 3 is 2.75 bits per heavy atom. The number of rotatable bonds is 4. The van der Waals surface area contributed by atoms with Crippen molar-refractivity contribution in [3.63, 3.8) is 0 Å². The van der Waals surface area contributed by atoms with E-state index in [1.54, 1.807) is 0 Å². The first-order valence-corrected chi connectivity index (χ1v) is 9.83. The zero-order valence-electron chi connectivity index (χ0n) is 16.6. The van der Waals surface area contributed by atoms with Gasteiger partial charge in [0.2, 0.25) is 11.8 Å². The zero-order chi connectivity index (χ0) is 19.9. The third-order valence-corrected chi connectivity index (χ3v) is 5.40. The quantitative estimate of drug-likeness (QED) is 0.794. The normalized spacial score (nSPS) is 20.8. The van der Waals surface area contributed by atoms with Crippen LogP contribution in [0.25, 0.3) is 5.65 Å². The minimum atomic E-state index is -0.134. The molecule has 2 aromatic rings. The van der Waals surface area contributed by atoms with Gasteiger partial charge in [-0.1, -0.05) is 20.8 Å². The first kappa shape index (κ1) is 18.6. The smallest absolute Gasteiger partial charge is 0.224 e. The highest BCUT2D eigenvalue weighted by Crippen LogP contribution is 2.25. The maximum absolute atomic E-state index is 12.2. The van der Waals surface area contributed by atoms with Crippen molar-refractivity contribution < 1.29 is 9.59 Å². The van der Waals surface area contributed by atoms with E-state index in [9.17, 15) is 9.59 Å².